The van der Waals surface area contributed by atoms with Gasteiger partial charge in [-0.15, -0.1) is 0 Å². The Labute approximate surface area is 763 Å². The lowest BCUT2D eigenvalue weighted by atomic mass is 10.0. The molecule has 0 aliphatic carbocycles. The van der Waals surface area contributed by atoms with Crippen LogP contribution in [0.2, 0.25) is 0 Å². The minimum absolute atomic E-state index is 0.0796. The summed E-state index contributed by atoms with van der Waals surface area (Å²) in [5, 5.41) is 20.8. The Kier molecular flexibility index (Phi) is 93.1. The molecule has 5 atom stereocenters. The Morgan fingerprint density at radius 1 is 0.232 bits per heavy atom. The lowest BCUT2D eigenvalue weighted by Crippen LogP contribution is -2.30. The molecule has 0 spiro atoms. The van der Waals surface area contributed by atoms with E-state index in [0.29, 0.717) is 19.3 Å². The van der Waals surface area contributed by atoms with Gasteiger partial charge in [0, 0.05) is 19.3 Å². The highest BCUT2D eigenvalue weighted by atomic mass is 31.2. The summed E-state index contributed by atoms with van der Waals surface area (Å²) in [4.78, 5) is 59.1. The van der Waals surface area contributed by atoms with Gasteiger partial charge < -0.3 is 34.2 Å². The molecule has 4 N–H and O–H groups in total. The first-order chi connectivity index (χ1) is 61.2. The summed E-state index contributed by atoms with van der Waals surface area (Å²) in [6.45, 7) is 2.45. The molecule has 0 aliphatic heterocycles. The normalized spacial score (nSPS) is 14.5. The van der Waals surface area contributed by atoms with Crippen LogP contribution in [0.4, 0.5) is 0 Å². The molecular formula is C107H180O16P2. The van der Waals surface area contributed by atoms with Crippen LogP contribution in [0.25, 0.3) is 0 Å². The van der Waals surface area contributed by atoms with Crippen LogP contribution in [-0.2, 0) is 55.8 Å². The monoisotopic (exact) mass is 1780 g/mol. The molecule has 0 amide bonds. The molecule has 5 unspecified atom stereocenters. The molecule has 0 heterocycles. The fourth-order valence-corrected chi connectivity index (χ4v) is 14.9. The number of hydrogen-bond donors (Lipinski definition) is 4. The second-order valence-electron chi connectivity index (χ2n) is 32.8. The van der Waals surface area contributed by atoms with Crippen LogP contribution in [0.15, 0.2) is 194 Å². The van der Waals surface area contributed by atoms with Gasteiger partial charge in [0.2, 0.25) is 0 Å². The third-order valence-electron chi connectivity index (χ3n) is 20.8. The lowest BCUT2D eigenvalue weighted by Gasteiger charge is -2.21. The maximum Gasteiger partial charge on any atom is 0.472 e. The summed E-state index contributed by atoms with van der Waals surface area (Å²) < 4.78 is 61.6. The zero-order valence-electron chi connectivity index (χ0n) is 79.0. The van der Waals surface area contributed by atoms with E-state index in [0.717, 1.165) is 186 Å². The second kappa shape index (κ2) is 97.4. The fraction of sp³-hybridized carbons (Fsp3) is 0.673. The van der Waals surface area contributed by atoms with Gasteiger partial charge in [-0.2, -0.15) is 0 Å². The molecule has 0 fully saturated rings. The maximum absolute atomic E-state index is 13.1. The molecule has 125 heavy (non-hydrogen) atoms. The van der Waals surface area contributed by atoms with Gasteiger partial charge in [0.15, 0.2) is 6.10 Å². The molecular weight excluding hydrogens is 1600 g/mol. The van der Waals surface area contributed by atoms with Crippen LogP contribution in [0.5, 0.6) is 0 Å². The number of rotatable bonds is 93. The zero-order valence-corrected chi connectivity index (χ0v) is 80.7. The molecule has 0 rings (SSSR count). The van der Waals surface area contributed by atoms with Crippen molar-refractivity contribution >= 4 is 33.6 Å². The fourth-order valence-electron chi connectivity index (χ4n) is 13.3. The predicted octanol–water partition coefficient (Wildman–Crippen LogP) is 31.3. The van der Waals surface area contributed by atoms with Crippen LogP contribution in [0, 0.1) is 0 Å². The van der Waals surface area contributed by atoms with Crippen LogP contribution < -0.4 is 0 Å². The third-order valence-corrected chi connectivity index (χ3v) is 22.7. The van der Waals surface area contributed by atoms with E-state index in [-0.39, 0.29) is 19.3 Å². The Hall–Kier alpha value is -5.61. The number of carbonyl (C=O) groups is 3. The third kappa shape index (κ3) is 98.8. The number of phosphoric acid groups is 2. The summed E-state index contributed by atoms with van der Waals surface area (Å²) in [7, 11) is -9.83. The molecule has 0 bridgehead atoms. The summed E-state index contributed by atoms with van der Waals surface area (Å²) in [5.74, 6) is -1.59. The number of unbranched alkanes of at least 4 members (excludes halogenated alkanes) is 38. The van der Waals surface area contributed by atoms with Crippen LogP contribution >= 0.6 is 15.6 Å². The Morgan fingerprint density at radius 3 is 0.672 bits per heavy atom. The maximum atomic E-state index is 13.1. The van der Waals surface area contributed by atoms with E-state index in [9.17, 15) is 43.5 Å². The van der Waals surface area contributed by atoms with E-state index >= 15 is 0 Å². The highest BCUT2D eigenvalue weighted by Crippen LogP contribution is 2.45. The molecule has 0 saturated carbocycles. The first-order valence-corrected chi connectivity index (χ1v) is 52.7. The zero-order chi connectivity index (χ0) is 90.7. The van der Waals surface area contributed by atoms with Gasteiger partial charge in [-0.25, -0.2) is 9.13 Å². The van der Waals surface area contributed by atoms with Gasteiger partial charge in [0.1, 0.15) is 25.4 Å². The van der Waals surface area contributed by atoms with Gasteiger partial charge in [-0.3, -0.25) is 32.5 Å². The highest BCUT2D eigenvalue weighted by Gasteiger charge is 2.30. The average molecular weight is 1780 g/mol. The number of ether oxygens (including phenoxy) is 3. The molecule has 714 valence electrons. The minimum atomic E-state index is -4.96. The molecule has 18 heteroatoms. The van der Waals surface area contributed by atoms with Crippen LogP contribution in [-0.4, -0.2) is 95.9 Å². The number of carbonyl (C=O) groups excluding carboxylic acids is 3. The summed E-state index contributed by atoms with van der Waals surface area (Å²) in [6.07, 6.45) is 131. The standard InChI is InChI=1S/C107H180O16P2/c1-4-7-10-13-16-19-22-25-28-31-34-37-40-43-45-47-48-49-50-51-52-54-56-58-60-63-66-69-72-75-78-81-84-87-90-93-105(110)117-96-102(108)97-119-124(113,114)120-98-103(109)99-121-125(115,116)122-101-104(123-107(112)95-92-89-86-83-80-77-74-71-68-65-62-57-42-39-36-33-30-27-24-21-18-15-12-9-6-3)100-118-106(111)94-91-88-85-82-79-76-73-70-67-64-61-59-55-53-46-44-41-38-35-32-29-26-23-20-17-14-11-8-5-2/h8-9,11-12,16-21,25-30,34-39,43-46,55,57,59,62,68,71,102-104,108-109H,4-7,10,13-15,22-24,31-33,40-42,47-54,56,58,60-61,63-67,69-70,72-101H2,1-3H3,(H,113,114)(H,115,116)/b11-8-,12-9-,19-16-,20-17-,21-18-,28-25-,29-26-,30-27-,37-34-,38-35-,39-36-,45-43-,46-44-,59-55-,62-57-,71-68-. The SMILES string of the molecule is CC/C=C\C/C=C\C/C=C\C/C=C\C/C=C\C/C=C\CCCCCCCCCCCCC(=O)OCC(COP(=O)(O)OCC(O)COP(=O)(O)OCC(O)COC(=O)CCCCCCCCCCCCCCCCCCCCC/C=C\C/C=C\C/C=C\C/C=C\CCCCC)OC(=O)CCCCCCCC/C=C\C/C=C\C/C=C\C/C=C\C/C=C\C/C=C\CC. The van der Waals surface area contributed by atoms with Crippen molar-refractivity contribution in [2.75, 3.05) is 39.6 Å². The van der Waals surface area contributed by atoms with Gasteiger partial charge in [-0.05, 0) is 167 Å². The molecule has 0 radical (unpaired) electrons. The van der Waals surface area contributed by atoms with Crippen molar-refractivity contribution < 1.29 is 75.8 Å². The van der Waals surface area contributed by atoms with Gasteiger partial charge in [0.05, 0.1) is 26.4 Å². The van der Waals surface area contributed by atoms with Crippen molar-refractivity contribution in [2.24, 2.45) is 0 Å². The molecule has 16 nitrogen and oxygen atoms in total. The van der Waals surface area contributed by atoms with E-state index in [2.05, 4.69) is 215 Å². The van der Waals surface area contributed by atoms with Gasteiger partial charge in [0.25, 0.3) is 0 Å². The van der Waals surface area contributed by atoms with E-state index in [1.807, 2.05) is 0 Å². The lowest BCUT2D eigenvalue weighted by molar-refractivity contribution is -0.161. The van der Waals surface area contributed by atoms with Crippen LogP contribution in [0.3, 0.4) is 0 Å². The Bertz CT molecular complexity index is 3050. The summed E-state index contributed by atoms with van der Waals surface area (Å²) in [5.41, 5.74) is 0. The minimum Gasteiger partial charge on any atom is -0.463 e. The van der Waals surface area contributed by atoms with Gasteiger partial charge >= 0.3 is 33.6 Å². The molecule has 0 saturated heterocycles. The summed E-state index contributed by atoms with van der Waals surface area (Å²) in [6, 6.07) is 0. The summed E-state index contributed by atoms with van der Waals surface area (Å²) >= 11 is 0. The van der Waals surface area contributed by atoms with E-state index in [4.69, 9.17) is 32.3 Å². The number of aliphatic hydroxyl groups excluding tert-OH is 2. The molecule has 0 aromatic heterocycles. The van der Waals surface area contributed by atoms with E-state index < -0.39 is 91.5 Å². The first kappa shape index (κ1) is 119. The average Bonchev–Trinajstić information content (AvgIpc) is 0.909. The van der Waals surface area contributed by atoms with Crippen molar-refractivity contribution in [3.8, 4) is 0 Å². The van der Waals surface area contributed by atoms with Crippen molar-refractivity contribution in [1.29, 1.82) is 0 Å². The van der Waals surface area contributed by atoms with Crippen molar-refractivity contribution in [3.63, 3.8) is 0 Å². The number of allylic oxidation sites excluding steroid dienone is 32. The van der Waals surface area contributed by atoms with Crippen molar-refractivity contribution in [1.82, 2.24) is 0 Å². The highest BCUT2D eigenvalue weighted by molar-refractivity contribution is 7.47. The Balaban J connectivity index is 4.60. The van der Waals surface area contributed by atoms with E-state index in [1.54, 1.807) is 0 Å². The number of aliphatic hydroxyl groups is 2. The molecule has 0 aliphatic rings. The van der Waals surface area contributed by atoms with Crippen LogP contribution in [0.1, 0.15) is 406 Å². The second-order valence-corrected chi connectivity index (χ2v) is 35.7. The van der Waals surface area contributed by atoms with Gasteiger partial charge in [-0.1, -0.05) is 414 Å². The largest absolute Gasteiger partial charge is 0.472 e. The number of hydrogen-bond acceptors (Lipinski definition) is 14. The van der Waals surface area contributed by atoms with Crippen molar-refractivity contribution in [3.05, 3.63) is 194 Å². The van der Waals surface area contributed by atoms with E-state index in [1.165, 1.54) is 161 Å². The first-order valence-electron chi connectivity index (χ1n) is 49.7. The smallest absolute Gasteiger partial charge is 0.463 e. The molecule has 0 aromatic rings. The number of esters is 3. The Morgan fingerprint density at radius 2 is 0.424 bits per heavy atom. The predicted molar refractivity (Wildman–Crippen MR) is 528 cm³/mol. The molecule has 0 aromatic carbocycles. The number of phosphoric ester groups is 2. The quantitative estimate of drug-likeness (QED) is 0.0146. The van der Waals surface area contributed by atoms with Crippen molar-refractivity contribution in [2.45, 2.75) is 424 Å². The topological polar surface area (TPSA) is 231 Å².